The van der Waals surface area contributed by atoms with Gasteiger partial charge in [0.25, 0.3) is 5.56 Å². The van der Waals surface area contributed by atoms with Crippen LogP contribution in [0.25, 0.3) is 22.4 Å². The van der Waals surface area contributed by atoms with Gasteiger partial charge < -0.3 is 9.47 Å². The Bertz CT molecular complexity index is 1340. The number of esters is 1. The molecule has 0 fully saturated rings. The molecule has 4 aromatic rings. The number of ether oxygens (including phenoxy) is 2. The monoisotopic (exact) mass is 449 g/mol. The highest BCUT2D eigenvalue weighted by atomic mass is 32.1. The molecule has 0 aliphatic heterocycles. The van der Waals surface area contributed by atoms with Crippen LogP contribution in [0.5, 0.6) is 11.5 Å². The second-order valence-electron chi connectivity index (χ2n) is 7.26. The molecule has 0 radical (unpaired) electrons. The van der Waals surface area contributed by atoms with Crippen molar-refractivity contribution >= 4 is 28.3 Å². The highest BCUT2D eigenvalue weighted by Crippen LogP contribution is 2.21. The third-order valence-corrected chi connectivity index (χ3v) is 5.73. The minimum atomic E-state index is -0.419. The molecule has 164 valence electrons. The topological polar surface area (TPSA) is 82.8 Å². The summed E-state index contributed by atoms with van der Waals surface area (Å²) >= 11 is 1.24. The summed E-state index contributed by atoms with van der Waals surface area (Å²) in [5, 5.41) is 4.39. The van der Waals surface area contributed by atoms with Crippen LogP contribution in [0.3, 0.4) is 0 Å². The average Bonchev–Trinajstić information content (AvgIpc) is 3.32. The molecule has 4 rings (SSSR count). The second kappa shape index (κ2) is 9.74. The van der Waals surface area contributed by atoms with Gasteiger partial charge in [-0.05, 0) is 42.8 Å². The van der Waals surface area contributed by atoms with Crippen molar-refractivity contribution in [2.75, 3.05) is 6.61 Å². The minimum Gasteiger partial charge on any atom is -0.494 e. The lowest BCUT2D eigenvalue weighted by molar-refractivity contribution is -0.131. The smallest absolute Gasteiger partial charge is 0.308 e. The van der Waals surface area contributed by atoms with Crippen molar-refractivity contribution < 1.29 is 14.3 Å². The number of hydrogen-bond acceptors (Lipinski definition) is 7. The summed E-state index contributed by atoms with van der Waals surface area (Å²) in [6, 6.07) is 14.6. The van der Waals surface area contributed by atoms with Gasteiger partial charge in [0.1, 0.15) is 11.5 Å². The van der Waals surface area contributed by atoms with E-state index in [4.69, 9.17) is 9.47 Å². The number of hydrogen-bond donors (Lipinski definition) is 0. The van der Waals surface area contributed by atoms with E-state index in [0.717, 1.165) is 30.6 Å². The maximum absolute atomic E-state index is 12.8. The molecular weight excluding hydrogens is 426 g/mol. The third kappa shape index (κ3) is 4.86. The molecule has 0 aliphatic carbocycles. The van der Waals surface area contributed by atoms with E-state index in [0.29, 0.717) is 33.2 Å². The highest BCUT2D eigenvalue weighted by molar-refractivity contribution is 7.15. The van der Waals surface area contributed by atoms with Gasteiger partial charge in [-0.1, -0.05) is 49.3 Å². The van der Waals surface area contributed by atoms with Gasteiger partial charge in [-0.25, -0.2) is 0 Å². The van der Waals surface area contributed by atoms with Gasteiger partial charge in [0.2, 0.25) is 4.96 Å². The Morgan fingerprint density at radius 2 is 1.91 bits per heavy atom. The van der Waals surface area contributed by atoms with Crippen LogP contribution >= 0.6 is 11.3 Å². The molecule has 0 bridgehead atoms. The van der Waals surface area contributed by atoms with Crippen molar-refractivity contribution in [3.05, 3.63) is 69.0 Å². The zero-order valence-corrected chi connectivity index (χ0v) is 18.7. The van der Waals surface area contributed by atoms with E-state index in [9.17, 15) is 9.59 Å². The molecule has 32 heavy (non-hydrogen) atoms. The molecule has 2 heterocycles. The second-order valence-corrected chi connectivity index (χ2v) is 8.27. The van der Waals surface area contributed by atoms with Crippen molar-refractivity contribution in [2.24, 2.45) is 0 Å². The lowest BCUT2D eigenvalue weighted by atomic mass is 10.2. The van der Waals surface area contributed by atoms with Gasteiger partial charge in [-0.3, -0.25) is 9.59 Å². The van der Waals surface area contributed by atoms with E-state index >= 15 is 0 Å². The van der Waals surface area contributed by atoms with E-state index in [1.165, 1.54) is 22.8 Å². The number of carbonyl (C=O) groups is 1. The van der Waals surface area contributed by atoms with Gasteiger partial charge in [-0.2, -0.15) is 9.50 Å². The molecule has 0 atom stereocenters. The summed E-state index contributed by atoms with van der Waals surface area (Å²) in [7, 11) is 0. The van der Waals surface area contributed by atoms with Gasteiger partial charge in [0, 0.05) is 18.1 Å². The normalized spacial score (nSPS) is 11.8. The predicted octanol–water partition coefficient (Wildman–Crippen LogP) is 3.86. The average molecular weight is 450 g/mol. The Balaban J connectivity index is 1.58. The SMILES string of the molecule is CCCCCOc1ccc(-c2nc3sc(=Cc4ccccc4OC(C)=O)c(=O)n3n2)cc1. The van der Waals surface area contributed by atoms with E-state index in [1.807, 2.05) is 30.3 Å². The van der Waals surface area contributed by atoms with Crippen LogP contribution in [0.2, 0.25) is 0 Å². The van der Waals surface area contributed by atoms with Crippen LogP contribution in [0.15, 0.2) is 53.3 Å². The van der Waals surface area contributed by atoms with Crippen LogP contribution in [0.4, 0.5) is 0 Å². The summed E-state index contributed by atoms with van der Waals surface area (Å²) in [6.07, 6.45) is 5.03. The summed E-state index contributed by atoms with van der Waals surface area (Å²) in [5.74, 6) is 1.27. The number of nitrogens with zero attached hydrogens (tertiary/aromatic N) is 3. The largest absolute Gasteiger partial charge is 0.494 e. The summed E-state index contributed by atoms with van der Waals surface area (Å²) in [6.45, 7) is 4.20. The van der Waals surface area contributed by atoms with E-state index < -0.39 is 5.97 Å². The lowest BCUT2D eigenvalue weighted by Gasteiger charge is -2.05. The first-order valence-corrected chi connectivity index (χ1v) is 11.3. The molecule has 0 spiro atoms. The summed E-state index contributed by atoms with van der Waals surface area (Å²) < 4.78 is 12.7. The Hall–Kier alpha value is -3.52. The molecule has 2 aromatic carbocycles. The fraction of sp³-hybridized carbons (Fsp3) is 0.250. The maximum Gasteiger partial charge on any atom is 0.308 e. The van der Waals surface area contributed by atoms with Gasteiger partial charge in [-0.15, -0.1) is 5.10 Å². The van der Waals surface area contributed by atoms with Gasteiger partial charge in [0.05, 0.1) is 11.1 Å². The van der Waals surface area contributed by atoms with Crippen LogP contribution in [0, 0.1) is 0 Å². The molecule has 0 saturated carbocycles. The molecule has 0 unspecified atom stereocenters. The number of para-hydroxylation sites is 1. The van der Waals surface area contributed by atoms with Crippen molar-refractivity contribution in [1.29, 1.82) is 0 Å². The maximum atomic E-state index is 12.8. The Morgan fingerprint density at radius 1 is 1.12 bits per heavy atom. The molecule has 0 amide bonds. The first kappa shape index (κ1) is 21.7. The fourth-order valence-electron chi connectivity index (χ4n) is 3.19. The molecule has 7 nitrogen and oxygen atoms in total. The lowest BCUT2D eigenvalue weighted by Crippen LogP contribution is -2.23. The Kier molecular flexibility index (Phi) is 6.61. The number of thiazole rings is 1. The highest BCUT2D eigenvalue weighted by Gasteiger charge is 2.13. The summed E-state index contributed by atoms with van der Waals surface area (Å²) in [4.78, 5) is 29.2. The van der Waals surface area contributed by atoms with E-state index in [2.05, 4.69) is 17.0 Å². The fourth-order valence-corrected chi connectivity index (χ4v) is 4.09. The number of benzene rings is 2. The van der Waals surface area contributed by atoms with Crippen LogP contribution in [-0.4, -0.2) is 27.2 Å². The molecule has 8 heteroatoms. The number of carbonyl (C=O) groups excluding carboxylic acids is 1. The van der Waals surface area contributed by atoms with Crippen LogP contribution in [-0.2, 0) is 4.79 Å². The molecule has 0 aliphatic rings. The van der Waals surface area contributed by atoms with E-state index in [1.54, 1.807) is 24.3 Å². The first-order valence-electron chi connectivity index (χ1n) is 10.5. The molecule has 2 aromatic heterocycles. The predicted molar refractivity (Wildman–Crippen MR) is 124 cm³/mol. The van der Waals surface area contributed by atoms with Gasteiger partial charge in [0.15, 0.2) is 5.82 Å². The van der Waals surface area contributed by atoms with Gasteiger partial charge >= 0.3 is 5.97 Å². The summed E-state index contributed by atoms with van der Waals surface area (Å²) in [5.41, 5.74) is 1.18. The zero-order chi connectivity index (χ0) is 22.5. The van der Waals surface area contributed by atoms with Crippen LogP contribution < -0.4 is 19.6 Å². The molecule has 0 N–H and O–H groups in total. The van der Waals surface area contributed by atoms with E-state index in [-0.39, 0.29) is 5.56 Å². The number of unbranched alkanes of at least 4 members (excludes halogenated alkanes) is 2. The van der Waals surface area contributed by atoms with Crippen molar-refractivity contribution in [3.63, 3.8) is 0 Å². The Morgan fingerprint density at radius 3 is 2.62 bits per heavy atom. The van der Waals surface area contributed by atoms with Crippen LogP contribution in [0.1, 0.15) is 38.7 Å². The number of aromatic nitrogens is 3. The van der Waals surface area contributed by atoms with Crippen molar-refractivity contribution in [2.45, 2.75) is 33.1 Å². The first-order chi connectivity index (χ1) is 15.5. The minimum absolute atomic E-state index is 0.266. The molecule has 0 saturated heterocycles. The van der Waals surface area contributed by atoms with Crippen molar-refractivity contribution in [1.82, 2.24) is 14.6 Å². The number of fused-ring (bicyclic) bond motifs is 1. The van der Waals surface area contributed by atoms with Crippen molar-refractivity contribution in [3.8, 4) is 22.9 Å². The zero-order valence-electron chi connectivity index (χ0n) is 17.9. The molecular formula is C24H23N3O4S. The number of rotatable bonds is 8. The third-order valence-electron chi connectivity index (χ3n) is 4.77. The Labute approximate surface area is 188 Å². The quantitative estimate of drug-likeness (QED) is 0.231. The standard InChI is InChI=1S/C24H23N3O4S/c1-3-4-7-14-30-19-12-10-17(11-13-19)22-25-24-27(26-22)23(29)21(32-24)15-18-8-5-6-9-20(18)31-16(2)28/h5-6,8-13,15H,3-4,7,14H2,1-2H3.